The lowest BCUT2D eigenvalue weighted by Crippen LogP contribution is -2.31. The summed E-state index contributed by atoms with van der Waals surface area (Å²) in [7, 11) is 0. The highest BCUT2D eigenvalue weighted by Crippen LogP contribution is 2.41. The van der Waals surface area contributed by atoms with E-state index in [-0.39, 0.29) is 10.9 Å². The topological polar surface area (TPSA) is 43.4 Å². The number of Topliss-reactive ketones (excluding diaryl/α,β-unsaturated/α-hetero) is 1. The second kappa shape index (κ2) is 4.45. The minimum absolute atomic E-state index is 0.00556. The molecule has 0 N–H and O–H groups in total. The molecule has 0 bridgehead atoms. The third kappa shape index (κ3) is 2.17. The number of ketones is 1. The number of carbonyl (C=O) groups is 2. The van der Waals surface area contributed by atoms with Crippen molar-refractivity contribution in [2.45, 2.75) is 31.9 Å². The molecule has 0 aromatic carbocycles. The van der Waals surface area contributed by atoms with Gasteiger partial charge in [0.15, 0.2) is 10.9 Å². The van der Waals surface area contributed by atoms with E-state index in [1.807, 2.05) is 13.8 Å². The van der Waals surface area contributed by atoms with Crippen molar-refractivity contribution in [2.75, 3.05) is 13.2 Å². The summed E-state index contributed by atoms with van der Waals surface area (Å²) in [6.45, 7) is 6.63. The highest BCUT2D eigenvalue weighted by molar-refractivity contribution is 8.16. The third-order valence-electron chi connectivity index (χ3n) is 2.52. The summed E-state index contributed by atoms with van der Waals surface area (Å²) in [5.41, 5.74) is 0. The molecule has 1 rings (SSSR count). The summed E-state index contributed by atoms with van der Waals surface area (Å²) in [5, 5.41) is -0.00556. The average Bonchev–Trinajstić information content (AvgIpc) is 2.32. The molecule has 1 saturated heterocycles. The van der Waals surface area contributed by atoms with E-state index in [0.717, 1.165) is 0 Å². The van der Waals surface area contributed by atoms with E-state index in [9.17, 15) is 9.59 Å². The van der Waals surface area contributed by atoms with Crippen LogP contribution in [0.15, 0.2) is 0 Å². The number of ether oxygens (including phenoxy) is 1. The molecule has 3 nitrogen and oxygen atoms in total. The van der Waals surface area contributed by atoms with Crippen molar-refractivity contribution in [1.29, 1.82) is 0 Å². The predicted molar refractivity (Wildman–Crippen MR) is 56.3 cm³/mol. The summed E-state index contributed by atoms with van der Waals surface area (Å²) in [4.78, 5) is 23.1. The Hall–Kier alpha value is -0.350. The maximum absolute atomic E-state index is 11.7. The molecule has 1 aliphatic heterocycles. The van der Waals surface area contributed by atoms with Crippen LogP contribution in [-0.4, -0.2) is 28.9 Å². The molecular weight excluding hydrogens is 200 g/mol. The summed E-state index contributed by atoms with van der Waals surface area (Å²) in [6, 6.07) is 0. The van der Waals surface area contributed by atoms with Crippen LogP contribution in [0.1, 0.15) is 27.2 Å². The standard InChI is InChI=1S/C10H16O3S/c1-4-13-6-5-10(3)8(11)7(2)9(12)14-10/h7H,4-6H2,1-3H3. The fraction of sp³-hybridized carbons (Fsp3) is 0.800. The Morgan fingerprint density at radius 1 is 1.50 bits per heavy atom. The van der Waals surface area contributed by atoms with Gasteiger partial charge < -0.3 is 4.74 Å². The van der Waals surface area contributed by atoms with Gasteiger partial charge in [-0.05, 0) is 27.2 Å². The van der Waals surface area contributed by atoms with E-state index in [1.165, 1.54) is 11.8 Å². The Balaban J connectivity index is 2.57. The van der Waals surface area contributed by atoms with Gasteiger partial charge in [-0.3, -0.25) is 9.59 Å². The highest BCUT2D eigenvalue weighted by Gasteiger charge is 2.48. The molecule has 0 aliphatic carbocycles. The largest absolute Gasteiger partial charge is 0.382 e. The van der Waals surface area contributed by atoms with Crippen LogP contribution in [0.25, 0.3) is 0 Å². The predicted octanol–water partition coefficient (Wildman–Crippen LogP) is 1.65. The van der Waals surface area contributed by atoms with Crippen LogP contribution in [-0.2, 0) is 14.3 Å². The Labute approximate surface area is 88.6 Å². The maximum Gasteiger partial charge on any atom is 0.200 e. The van der Waals surface area contributed by atoms with Crippen LogP contribution in [0, 0.1) is 5.92 Å². The van der Waals surface area contributed by atoms with Crippen molar-refractivity contribution >= 4 is 22.7 Å². The first-order valence-electron chi connectivity index (χ1n) is 4.86. The van der Waals surface area contributed by atoms with Crippen LogP contribution in [0.5, 0.6) is 0 Å². The van der Waals surface area contributed by atoms with Gasteiger partial charge in [-0.1, -0.05) is 11.8 Å². The number of hydrogen-bond donors (Lipinski definition) is 0. The smallest absolute Gasteiger partial charge is 0.200 e. The number of carbonyl (C=O) groups excluding carboxylic acids is 2. The first-order valence-corrected chi connectivity index (χ1v) is 5.68. The Morgan fingerprint density at radius 3 is 2.57 bits per heavy atom. The van der Waals surface area contributed by atoms with Crippen LogP contribution in [0.2, 0.25) is 0 Å². The van der Waals surface area contributed by atoms with Crippen LogP contribution >= 0.6 is 11.8 Å². The zero-order valence-electron chi connectivity index (χ0n) is 8.83. The van der Waals surface area contributed by atoms with E-state index in [2.05, 4.69) is 0 Å². The molecule has 0 aromatic rings. The Kier molecular flexibility index (Phi) is 3.72. The second-order valence-corrected chi connectivity index (χ2v) is 5.19. The summed E-state index contributed by atoms with van der Waals surface area (Å²) < 4.78 is 4.65. The van der Waals surface area contributed by atoms with Gasteiger partial charge in [0.25, 0.3) is 0 Å². The third-order valence-corrected chi connectivity index (χ3v) is 3.93. The van der Waals surface area contributed by atoms with Crippen LogP contribution in [0.3, 0.4) is 0 Å². The zero-order chi connectivity index (χ0) is 10.8. The summed E-state index contributed by atoms with van der Waals surface area (Å²) in [6.07, 6.45) is 0.625. The zero-order valence-corrected chi connectivity index (χ0v) is 9.65. The van der Waals surface area contributed by atoms with Crippen molar-refractivity contribution in [3.63, 3.8) is 0 Å². The number of hydrogen-bond acceptors (Lipinski definition) is 4. The van der Waals surface area contributed by atoms with E-state index in [0.29, 0.717) is 19.6 Å². The van der Waals surface area contributed by atoms with E-state index >= 15 is 0 Å². The molecule has 2 atom stereocenters. The first kappa shape index (κ1) is 11.7. The molecule has 4 heteroatoms. The quantitative estimate of drug-likeness (QED) is 0.529. The normalized spacial score (nSPS) is 32.6. The van der Waals surface area contributed by atoms with E-state index in [1.54, 1.807) is 6.92 Å². The molecule has 0 saturated carbocycles. The molecule has 2 unspecified atom stereocenters. The molecule has 1 heterocycles. The van der Waals surface area contributed by atoms with E-state index < -0.39 is 10.7 Å². The van der Waals surface area contributed by atoms with Gasteiger partial charge in [-0.15, -0.1) is 0 Å². The average molecular weight is 216 g/mol. The number of rotatable bonds is 4. The van der Waals surface area contributed by atoms with Crippen molar-refractivity contribution in [1.82, 2.24) is 0 Å². The SMILES string of the molecule is CCOCCC1(C)SC(=O)C(C)C1=O. The summed E-state index contributed by atoms with van der Waals surface area (Å²) in [5.74, 6) is -0.390. The van der Waals surface area contributed by atoms with Gasteiger partial charge >= 0.3 is 0 Å². The minimum Gasteiger partial charge on any atom is -0.382 e. The van der Waals surface area contributed by atoms with Crippen molar-refractivity contribution in [3.05, 3.63) is 0 Å². The Morgan fingerprint density at radius 2 is 2.14 bits per heavy atom. The fourth-order valence-corrected chi connectivity index (χ4v) is 2.70. The molecule has 0 spiro atoms. The molecule has 1 aliphatic rings. The molecule has 0 aromatic heterocycles. The van der Waals surface area contributed by atoms with Gasteiger partial charge in [-0.2, -0.15) is 0 Å². The van der Waals surface area contributed by atoms with Gasteiger partial charge in [0.05, 0.1) is 10.7 Å². The monoisotopic (exact) mass is 216 g/mol. The van der Waals surface area contributed by atoms with Gasteiger partial charge in [0.2, 0.25) is 0 Å². The van der Waals surface area contributed by atoms with Crippen molar-refractivity contribution in [2.24, 2.45) is 5.92 Å². The fourth-order valence-electron chi connectivity index (χ4n) is 1.51. The van der Waals surface area contributed by atoms with Crippen LogP contribution in [0.4, 0.5) is 0 Å². The molecule has 1 fully saturated rings. The maximum atomic E-state index is 11.7. The number of thioether (sulfide) groups is 1. The van der Waals surface area contributed by atoms with Gasteiger partial charge in [0, 0.05) is 13.2 Å². The van der Waals surface area contributed by atoms with Crippen molar-refractivity contribution < 1.29 is 14.3 Å². The second-order valence-electron chi connectivity index (χ2n) is 3.68. The highest BCUT2D eigenvalue weighted by atomic mass is 32.2. The molecule has 14 heavy (non-hydrogen) atoms. The van der Waals surface area contributed by atoms with Crippen LogP contribution < -0.4 is 0 Å². The molecular formula is C10H16O3S. The first-order chi connectivity index (χ1) is 6.51. The molecule has 0 radical (unpaired) electrons. The Bertz CT molecular complexity index is 252. The summed E-state index contributed by atoms with van der Waals surface area (Å²) >= 11 is 1.17. The van der Waals surface area contributed by atoms with Gasteiger partial charge in [-0.25, -0.2) is 0 Å². The lowest BCUT2D eigenvalue weighted by atomic mass is 9.94. The van der Waals surface area contributed by atoms with Gasteiger partial charge in [0.1, 0.15) is 0 Å². The minimum atomic E-state index is -0.550. The van der Waals surface area contributed by atoms with E-state index in [4.69, 9.17) is 4.74 Å². The molecule has 80 valence electrons. The molecule has 0 amide bonds. The van der Waals surface area contributed by atoms with Crippen molar-refractivity contribution in [3.8, 4) is 0 Å². The lowest BCUT2D eigenvalue weighted by Gasteiger charge is -2.19. The lowest BCUT2D eigenvalue weighted by molar-refractivity contribution is -0.127.